The highest BCUT2D eigenvalue weighted by molar-refractivity contribution is 7.89. The quantitative estimate of drug-likeness (QED) is 0.762. The third-order valence-corrected chi connectivity index (χ3v) is 5.49. The van der Waals surface area contributed by atoms with Crippen molar-refractivity contribution in [3.63, 3.8) is 0 Å². The molecule has 6 heteroatoms. The van der Waals surface area contributed by atoms with Crippen LogP contribution in [0, 0.1) is 12.3 Å². The Morgan fingerprint density at radius 1 is 1.26 bits per heavy atom. The van der Waals surface area contributed by atoms with Crippen LogP contribution in [0.15, 0.2) is 35.4 Å². The zero-order valence-corrected chi connectivity index (χ0v) is 14.7. The summed E-state index contributed by atoms with van der Waals surface area (Å²) in [6.07, 6.45) is 3.09. The predicted molar refractivity (Wildman–Crippen MR) is 91.8 cm³/mol. The van der Waals surface area contributed by atoms with E-state index >= 15 is 0 Å². The number of aromatic nitrogens is 1. The van der Waals surface area contributed by atoms with Gasteiger partial charge in [0.15, 0.2) is 0 Å². The summed E-state index contributed by atoms with van der Waals surface area (Å²) in [5.41, 5.74) is 1.47. The molecule has 0 unspecified atom stereocenters. The Labute approximate surface area is 137 Å². The van der Waals surface area contributed by atoms with Crippen LogP contribution in [0.1, 0.15) is 32.3 Å². The number of fused-ring (bicyclic) bond motifs is 1. The molecule has 0 amide bonds. The van der Waals surface area contributed by atoms with E-state index < -0.39 is 10.0 Å². The summed E-state index contributed by atoms with van der Waals surface area (Å²) >= 11 is 0. The summed E-state index contributed by atoms with van der Waals surface area (Å²) in [5, 5.41) is 9.86. The fourth-order valence-electron chi connectivity index (χ4n) is 2.45. The van der Waals surface area contributed by atoms with Crippen molar-refractivity contribution in [2.45, 2.75) is 38.5 Å². The van der Waals surface area contributed by atoms with Gasteiger partial charge in [0.25, 0.3) is 0 Å². The monoisotopic (exact) mass is 336 g/mol. The number of hydrogen-bond donors (Lipinski definition) is 2. The van der Waals surface area contributed by atoms with Gasteiger partial charge in [-0.15, -0.1) is 0 Å². The Balaban J connectivity index is 2.16. The van der Waals surface area contributed by atoms with Gasteiger partial charge in [0.05, 0.1) is 10.4 Å². The van der Waals surface area contributed by atoms with E-state index in [9.17, 15) is 13.5 Å². The molecule has 23 heavy (non-hydrogen) atoms. The predicted octanol–water partition coefficient (Wildman–Crippen LogP) is 2.62. The Hall–Kier alpha value is -1.50. The number of nitrogens with one attached hydrogen (secondary N) is 1. The summed E-state index contributed by atoms with van der Waals surface area (Å²) < 4.78 is 27.8. The zero-order valence-electron chi connectivity index (χ0n) is 13.8. The van der Waals surface area contributed by atoms with Gasteiger partial charge in [-0.25, -0.2) is 13.1 Å². The number of pyridine rings is 1. The first-order valence-electron chi connectivity index (χ1n) is 7.72. The average molecular weight is 336 g/mol. The molecule has 0 bridgehead atoms. The van der Waals surface area contributed by atoms with E-state index in [-0.39, 0.29) is 16.9 Å². The summed E-state index contributed by atoms with van der Waals surface area (Å²) in [4.78, 5) is 4.53. The number of sulfonamides is 1. The minimum Gasteiger partial charge on any atom is -0.396 e. The van der Waals surface area contributed by atoms with Gasteiger partial charge in [0.1, 0.15) is 0 Å². The molecule has 0 aliphatic rings. The number of aliphatic hydroxyl groups is 1. The van der Waals surface area contributed by atoms with Crippen molar-refractivity contribution in [1.82, 2.24) is 9.71 Å². The van der Waals surface area contributed by atoms with Gasteiger partial charge in [-0.3, -0.25) is 4.98 Å². The molecule has 0 atom stereocenters. The van der Waals surface area contributed by atoms with Crippen LogP contribution in [0.25, 0.3) is 10.9 Å². The molecule has 2 N–H and O–H groups in total. The van der Waals surface area contributed by atoms with E-state index in [1.165, 1.54) is 0 Å². The highest BCUT2D eigenvalue weighted by Gasteiger charge is 2.19. The minimum absolute atomic E-state index is 0.0913. The molecule has 0 saturated carbocycles. The molecular weight excluding hydrogens is 312 g/mol. The van der Waals surface area contributed by atoms with E-state index in [0.29, 0.717) is 23.9 Å². The number of hydrogen-bond acceptors (Lipinski definition) is 4. The standard InChI is InChI=1S/C17H24N2O3S/c1-13-7-8-15(14-6-4-10-18-16(13)14)23(21,22)19-11-5-9-17(2,3)12-20/h4,6-8,10,19-20H,5,9,11-12H2,1-3H3. The lowest BCUT2D eigenvalue weighted by atomic mass is 9.89. The lowest BCUT2D eigenvalue weighted by Crippen LogP contribution is -2.27. The molecule has 0 saturated heterocycles. The fraction of sp³-hybridized carbons (Fsp3) is 0.471. The lowest BCUT2D eigenvalue weighted by Gasteiger charge is -2.21. The maximum absolute atomic E-state index is 12.6. The minimum atomic E-state index is -3.58. The first kappa shape index (κ1) is 17.8. The van der Waals surface area contributed by atoms with Crippen molar-refractivity contribution in [3.8, 4) is 0 Å². The average Bonchev–Trinajstić information content (AvgIpc) is 2.52. The zero-order chi connectivity index (χ0) is 17.1. The first-order valence-corrected chi connectivity index (χ1v) is 9.20. The van der Waals surface area contributed by atoms with Crippen molar-refractivity contribution in [2.24, 2.45) is 5.41 Å². The molecule has 1 aromatic heterocycles. The van der Waals surface area contributed by atoms with E-state index in [2.05, 4.69) is 9.71 Å². The van der Waals surface area contributed by atoms with Crippen molar-refractivity contribution in [2.75, 3.05) is 13.2 Å². The lowest BCUT2D eigenvalue weighted by molar-refractivity contribution is 0.148. The van der Waals surface area contributed by atoms with Crippen LogP contribution in [0.3, 0.4) is 0 Å². The molecule has 2 rings (SSSR count). The maximum atomic E-state index is 12.6. The third kappa shape index (κ3) is 4.28. The highest BCUT2D eigenvalue weighted by atomic mass is 32.2. The molecule has 0 aliphatic heterocycles. The van der Waals surface area contributed by atoms with Crippen LogP contribution in [-0.4, -0.2) is 31.7 Å². The van der Waals surface area contributed by atoms with Crippen LogP contribution in [0.5, 0.6) is 0 Å². The number of nitrogens with zero attached hydrogens (tertiary/aromatic N) is 1. The van der Waals surface area contributed by atoms with E-state index in [1.54, 1.807) is 30.5 Å². The topological polar surface area (TPSA) is 79.3 Å². The second kappa shape index (κ2) is 6.95. The molecular formula is C17H24N2O3S. The van der Waals surface area contributed by atoms with Crippen LogP contribution >= 0.6 is 0 Å². The molecule has 0 radical (unpaired) electrons. The van der Waals surface area contributed by atoms with Gasteiger partial charge < -0.3 is 5.11 Å². The van der Waals surface area contributed by atoms with Crippen molar-refractivity contribution >= 4 is 20.9 Å². The number of benzene rings is 1. The molecule has 1 aromatic carbocycles. The van der Waals surface area contributed by atoms with Crippen LogP contribution in [0.4, 0.5) is 0 Å². The molecule has 0 spiro atoms. The molecule has 0 fully saturated rings. The van der Waals surface area contributed by atoms with Crippen LogP contribution in [0.2, 0.25) is 0 Å². The maximum Gasteiger partial charge on any atom is 0.241 e. The largest absolute Gasteiger partial charge is 0.396 e. The molecule has 5 nitrogen and oxygen atoms in total. The van der Waals surface area contributed by atoms with Crippen molar-refractivity contribution in [3.05, 3.63) is 36.0 Å². The third-order valence-electron chi connectivity index (χ3n) is 3.97. The Morgan fingerprint density at radius 3 is 2.70 bits per heavy atom. The Morgan fingerprint density at radius 2 is 2.00 bits per heavy atom. The smallest absolute Gasteiger partial charge is 0.241 e. The SMILES string of the molecule is Cc1ccc(S(=O)(=O)NCCCC(C)(C)CO)c2cccnc12. The Bertz CT molecular complexity index is 786. The second-order valence-corrected chi connectivity index (χ2v) is 8.34. The summed E-state index contributed by atoms with van der Waals surface area (Å²) in [6.45, 7) is 6.27. The van der Waals surface area contributed by atoms with Crippen LogP contribution < -0.4 is 4.72 Å². The first-order chi connectivity index (χ1) is 10.8. The Kier molecular flexibility index (Phi) is 5.39. The summed E-state index contributed by atoms with van der Waals surface area (Å²) in [5.74, 6) is 0. The van der Waals surface area contributed by atoms with E-state index in [0.717, 1.165) is 12.0 Å². The van der Waals surface area contributed by atoms with Gasteiger partial charge in [-0.1, -0.05) is 19.9 Å². The number of aliphatic hydroxyl groups excluding tert-OH is 1. The molecule has 0 aliphatic carbocycles. The normalized spacial score (nSPS) is 12.7. The molecule has 1 heterocycles. The summed E-state index contributed by atoms with van der Waals surface area (Å²) in [7, 11) is -3.58. The van der Waals surface area contributed by atoms with Crippen molar-refractivity contribution in [1.29, 1.82) is 0 Å². The van der Waals surface area contributed by atoms with Gasteiger partial charge >= 0.3 is 0 Å². The van der Waals surface area contributed by atoms with Gasteiger partial charge in [0.2, 0.25) is 10.0 Å². The van der Waals surface area contributed by atoms with Gasteiger partial charge in [-0.05, 0) is 48.9 Å². The fourth-order valence-corrected chi connectivity index (χ4v) is 3.72. The number of aryl methyl sites for hydroxylation is 1. The molecule has 2 aromatic rings. The second-order valence-electron chi connectivity index (χ2n) is 6.60. The van der Waals surface area contributed by atoms with Gasteiger partial charge in [0, 0.05) is 24.7 Å². The van der Waals surface area contributed by atoms with E-state index in [1.807, 2.05) is 20.8 Å². The highest BCUT2D eigenvalue weighted by Crippen LogP contribution is 2.24. The van der Waals surface area contributed by atoms with Crippen LogP contribution in [-0.2, 0) is 10.0 Å². The summed E-state index contributed by atoms with van der Waals surface area (Å²) in [6, 6.07) is 6.92. The number of rotatable bonds is 7. The molecule has 126 valence electrons. The van der Waals surface area contributed by atoms with Crippen molar-refractivity contribution < 1.29 is 13.5 Å². The van der Waals surface area contributed by atoms with E-state index in [4.69, 9.17) is 0 Å². The van der Waals surface area contributed by atoms with Gasteiger partial charge in [-0.2, -0.15) is 0 Å².